The summed E-state index contributed by atoms with van der Waals surface area (Å²) in [5.74, 6) is 0.689. The van der Waals surface area contributed by atoms with Gasteiger partial charge in [0.1, 0.15) is 6.33 Å². The monoisotopic (exact) mass is 273 g/mol. The first-order valence-corrected chi connectivity index (χ1v) is 6.64. The van der Waals surface area contributed by atoms with Crippen molar-refractivity contribution in [3.05, 3.63) is 30.6 Å². The second kappa shape index (κ2) is 6.29. The number of hydrogen-bond acceptors (Lipinski definition) is 4. The van der Waals surface area contributed by atoms with Crippen LogP contribution in [0.2, 0.25) is 0 Å². The lowest BCUT2D eigenvalue weighted by Crippen LogP contribution is -2.40. The Morgan fingerprint density at radius 1 is 1.40 bits per heavy atom. The first-order chi connectivity index (χ1) is 9.61. The molecule has 4 N–H and O–H groups in total. The van der Waals surface area contributed by atoms with E-state index in [1.807, 2.05) is 38.1 Å². The first kappa shape index (κ1) is 14.2. The Bertz CT molecular complexity index is 549. The Labute approximate surface area is 117 Å². The summed E-state index contributed by atoms with van der Waals surface area (Å²) in [6, 6.07) is 6.88. The molecule has 2 aromatic rings. The van der Waals surface area contributed by atoms with Crippen molar-refractivity contribution >= 4 is 11.6 Å². The van der Waals surface area contributed by atoms with Crippen molar-refractivity contribution in [3.8, 4) is 11.4 Å². The van der Waals surface area contributed by atoms with Crippen molar-refractivity contribution < 1.29 is 4.79 Å². The standard InChI is InChI=1S/C14H19N5O/c1-3-9(2)12(15)14(20)18-11-6-4-10(5-7-11)13-16-8-17-19-13/h4-9,12H,3,15H2,1-2H3,(H,18,20)(H,16,17,19). The van der Waals surface area contributed by atoms with E-state index < -0.39 is 6.04 Å². The number of amides is 1. The van der Waals surface area contributed by atoms with Crippen LogP contribution >= 0.6 is 0 Å². The van der Waals surface area contributed by atoms with E-state index in [0.717, 1.165) is 17.7 Å². The number of anilines is 1. The second-order valence-electron chi connectivity index (χ2n) is 4.81. The molecule has 0 bridgehead atoms. The molecule has 0 spiro atoms. The third kappa shape index (κ3) is 3.21. The van der Waals surface area contributed by atoms with Gasteiger partial charge in [-0.1, -0.05) is 20.3 Å². The van der Waals surface area contributed by atoms with Crippen LogP contribution in [0.3, 0.4) is 0 Å². The van der Waals surface area contributed by atoms with Crippen LogP contribution in [0.15, 0.2) is 30.6 Å². The first-order valence-electron chi connectivity index (χ1n) is 6.64. The highest BCUT2D eigenvalue weighted by Crippen LogP contribution is 2.17. The normalized spacial score (nSPS) is 13.8. The van der Waals surface area contributed by atoms with Crippen LogP contribution < -0.4 is 11.1 Å². The van der Waals surface area contributed by atoms with E-state index >= 15 is 0 Å². The zero-order valence-electron chi connectivity index (χ0n) is 11.6. The minimum absolute atomic E-state index is 0.156. The number of hydrogen-bond donors (Lipinski definition) is 3. The van der Waals surface area contributed by atoms with E-state index in [1.54, 1.807) is 0 Å². The lowest BCUT2D eigenvalue weighted by Gasteiger charge is -2.17. The number of carbonyl (C=O) groups excluding carboxylic acids is 1. The molecule has 1 aromatic heterocycles. The SMILES string of the molecule is CCC(C)C(N)C(=O)Nc1ccc(-c2ncn[nH]2)cc1. The average Bonchev–Trinajstić information content (AvgIpc) is 3.00. The number of nitrogens with zero attached hydrogens (tertiary/aromatic N) is 2. The fraction of sp³-hybridized carbons (Fsp3) is 0.357. The van der Waals surface area contributed by atoms with E-state index in [-0.39, 0.29) is 11.8 Å². The van der Waals surface area contributed by atoms with Crippen molar-refractivity contribution in [2.75, 3.05) is 5.32 Å². The summed E-state index contributed by atoms with van der Waals surface area (Å²) in [5, 5.41) is 9.40. The van der Waals surface area contributed by atoms with E-state index in [9.17, 15) is 4.79 Å². The van der Waals surface area contributed by atoms with Gasteiger partial charge < -0.3 is 11.1 Å². The molecule has 6 nitrogen and oxygen atoms in total. The van der Waals surface area contributed by atoms with Gasteiger partial charge in [-0.25, -0.2) is 4.98 Å². The predicted octanol–water partition coefficient (Wildman–Crippen LogP) is 1.78. The zero-order valence-corrected chi connectivity index (χ0v) is 11.6. The minimum Gasteiger partial charge on any atom is -0.325 e. The molecule has 20 heavy (non-hydrogen) atoms. The third-order valence-corrected chi connectivity index (χ3v) is 3.40. The molecule has 0 aliphatic carbocycles. The smallest absolute Gasteiger partial charge is 0.241 e. The number of rotatable bonds is 5. The summed E-state index contributed by atoms with van der Waals surface area (Å²) in [6.07, 6.45) is 2.33. The van der Waals surface area contributed by atoms with Gasteiger partial charge in [0.2, 0.25) is 5.91 Å². The second-order valence-corrected chi connectivity index (χ2v) is 4.81. The van der Waals surface area contributed by atoms with Crippen molar-refractivity contribution in [1.82, 2.24) is 15.2 Å². The Morgan fingerprint density at radius 3 is 2.65 bits per heavy atom. The molecule has 0 radical (unpaired) electrons. The number of nitrogens with two attached hydrogens (primary N) is 1. The number of nitrogens with one attached hydrogen (secondary N) is 2. The summed E-state index contributed by atoms with van der Waals surface area (Å²) >= 11 is 0. The van der Waals surface area contributed by atoms with Crippen molar-refractivity contribution in [1.29, 1.82) is 0 Å². The third-order valence-electron chi connectivity index (χ3n) is 3.40. The molecule has 6 heteroatoms. The molecule has 106 valence electrons. The van der Waals surface area contributed by atoms with E-state index in [1.165, 1.54) is 6.33 Å². The molecular formula is C14H19N5O. The van der Waals surface area contributed by atoms with Gasteiger partial charge in [0.25, 0.3) is 0 Å². The topological polar surface area (TPSA) is 96.7 Å². The number of H-pyrrole nitrogens is 1. The maximum absolute atomic E-state index is 12.0. The summed E-state index contributed by atoms with van der Waals surface area (Å²) in [5.41, 5.74) is 7.52. The summed E-state index contributed by atoms with van der Waals surface area (Å²) in [6.45, 7) is 3.99. The van der Waals surface area contributed by atoms with Crippen LogP contribution in [-0.2, 0) is 4.79 Å². The highest BCUT2D eigenvalue weighted by atomic mass is 16.2. The van der Waals surface area contributed by atoms with Gasteiger partial charge in [-0.05, 0) is 30.2 Å². The van der Waals surface area contributed by atoms with Gasteiger partial charge in [-0.2, -0.15) is 5.10 Å². The van der Waals surface area contributed by atoms with Crippen LogP contribution in [0.25, 0.3) is 11.4 Å². The molecule has 0 saturated heterocycles. The van der Waals surface area contributed by atoms with Crippen molar-refractivity contribution in [3.63, 3.8) is 0 Å². The lowest BCUT2D eigenvalue weighted by atomic mass is 9.99. The maximum Gasteiger partial charge on any atom is 0.241 e. The Kier molecular flexibility index (Phi) is 4.47. The molecule has 0 aliphatic rings. The number of carbonyl (C=O) groups is 1. The molecule has 1 amide bonds. The van der Waals surface area contributed by atoms with Crippen LogP contribution in [-0.4, -0.2) is 27.1 Å². The lowest BCUT2D eigenvalue weighted by molar-refractivity contribution is -0.118. The molecule has 0 aliphatic heterocycles. The van der Waals surface area contributed by atoms with E-state index in [0.29, 0.717) is 5.82 Å². The van der Waals surface area contributed by atoms with Gasteiger partial charge in [-0.15, -0.1) is 0 Å². The quantitative estimate of drug-likeness (QED) is 0.773. The van der Waals surface area contributed by atoms with Gasteiger partial charge in [0.15, 0.2) is 5.82 Å². The highest BCUT2D eigenvalue weighted by molar-refractivity contribution is 5.95. The maximum atomic E-state index is 12.0. The van der Waals surface area contributed by atoms with Gasteiger partial charge in [0.05, 0.1) is 6.04 Å². The van der Waals surface area contributed by atoms with Crippen molar-refractivity contribution in [2.45, 2.75) is 26.3 Å². The van der Waals surface area contributed by atoms with Crippen LogP contribution in [0, 0.1) is 5.92 Å². The molecule has 2 unspecified atom stereocenters. The van der Waals surface area contributed by atoms with Gasteiger partial charge in [-0.3, -0.25) is 9.89 Å². The largest absolute Gasteiger partial charge is 0.325 e. The van der Waals surface area contributed by atoms with E-state index in [4.69, 9.17) is 5.73 Å². The summed E-state index contributed by atoms with van der Waals surface area (Å²) in [4.78, 5) is 16.0. The molecule has 2 atom stereocenters. The number of aromatic amines is 1. The fourth-order valence-electron chi connectivity index (χ4n) is 1.79. The zero-order chi connectivity index (χ0) is 14.5. The summed E-state index contributed by atoms with van der Waals surface area (Å²) < 4.78 is 0. The minimum atomic E-state index is -0.492. The Hall–Kier alpha value is -2.21. The van der Waals surface area contributed by atoms with Crippen molar-refractivity contribution in [2.24, 2.45) is 11.7 Å². The predicted molar refractivity (Wildman–Crippen MR) is 77.9 cm³/mol. The number of benzene rings is 1. The van der Waals surface area contributed by atoms with Gasteiger partial charge in [0, 0.05) is 11.3 Å². The average molecular weight is 273 g/mol. The van der Waals surface area contributed by atoms with Crippen LogP contribution in [0.4, 0.5) is 5.69 Å². The van der Waals surface area contributed by atoms with Gasteiger partial charge >= 0.3 is 0 Å². The fourth-order valence-corrected chi connectivity index (χ4v) is 1.79. The molecular weight excluding hydrogens is 254 g/mol. The highest BCUT2D eigenvalue weighted by Gasteiger charge is 2.19. The number of aromatic nitrogens is 3. The molecule has 0 fully saturated rings. The Balaban J connectivity index is 2.02. The Morgan fingerprint density at radius 2 is 2.10 bits per heavy atom. The van der Waals surface area contributed by atoms with E-state index in [2.05, 4.69) is 20.5 Å². The molecule has 2 rings (SSSR count). The molecule has 0 saturated carbocycles. The van der Waals surface area contributed by atoms with Crippen LogP contribution in [0.1, 0.15) is 20.3 Å². The molecule has 1 heterocycles. The molecule has 1 aromatic carbocycles. The summed E-state index contributed by atoms with van der Waals surface area (Å²) in [7, 11) is 0. The van der Waals surface area contributed by atoms with Crippen LogP contribution in [0.5, 0.6) is 0 Å².